The maximum absolute atomic E-state index is 13.8. The number of aliphatic hydroxyl groups is 1. The number of rotatable bonds is 12. The highest BCUT2D eigenvalue weighted by Gasteiger charge is 2.48. The van der Waals surface area contributed by atoms with Crippen molar-refractivity contribution < 1.29 is 28.9 Å². The molecule has 2 aliphatic heterocycles. The normalized spacial score (nSPS) is 18.3. The summed E-state index contributed by atoms with van der Waals surface area (Å²) >= 11 is 8.70. The molecule has 1 amide bonds. The first-order chi connectivity index (χ1) is 22.8. The number of ketones is 1. The summed E-state index contributed by atoms with van der Waals surface area (Å²) in [7, 11) is 0. The number of benzene rings is 3. The molecular formula is C35H34ClN3O6S2. The van der Waals surface area contributed by atoms with Gasteiger partial charge in [0, 0.05) is 22.8 Å². The summed E-state index contributed by atoms with van der Waals surface area (Å²) in [5, 5.41) is 21.3. The third-order valence-electron chi connectivity index (χ3n) is 7.83. The molecule has 1 fully saturated rings. The molecule has 0 unspecified atom stereocenters. The van der Waals surface area contributed by atoms with Crippen LogP contribution in [0.4, 0.5) is 5.13 Å². The number of carbonyl (C=O) groups excluding carboxylic acids is 2. The van der Waals surface area contributed by atoms with E-state index in [1.807, 2.05) is 44.2 Å². The van der Waals surface area contributed by atoms with Gasteiger partial charge in [-0.1, -0.05) is 66.2 Å². The van der Waals surface area contributed by atoms with E-state index in [9.17, 15) is 14.7 Å². The molecule has 0 radical (unpaired) electrons. The van der Waals surface area contributed by atoms with Crippen molar-refractivity contribution in [2.75, 3.05) is 18.1 Å². The SMILES string of the molecule is CCCCOc1ccc([C@@H]2/C(=C(\O)c3ccc4c(c3)C[C@H](C)O4)C(=O)C(=O)N2c2nnc(SCc3ccc(Cl)cc3)s2)cc1OCC. The topological polar surface area (TPSA) is 111 Å². The number of fused-ring (bicyclic) bond motifs is 1. The Labute approximate surface area is 286 Å². The average molecular weight is 692 g/mol. The molecule has 0 spiro atoms. The number of nitrogens with zero attached hydrogens (tertiary/aromatic N) is 3. The third kappa shape index (κ3) is 6.97. The van der Waals surface area contributed by atoms with E-state index in [0.29, 0.717) is 57.4 Å². The third-order valence-corrected chi connectivity index (χ3v) is 10.2. The maximum Gasteiger partial charge on any atom is 0.301 e. The van der Waals surface area contributed by atoms with Crippen LogP contribution in [0, 0.1) is 0 Å². The van der Waals surface area contributed by atoms with Gasteiger partial charge in [-0.25, -0.2) is 0 Å². The van der Waals surface area contributed by atoms with Gasteiger partial charge < -0.3 is 19.3 Å². The van der Waals surface area contributed by atoms with Gasteiger partial charge in [-0.15, -0.1) is 10.2 Å². The fourth-order valence-electron chi connectivity index (χ4n) is 5.56. The Hall–Kier alpha value is -4.06. The van der Waals surface area contributed by atoms with Crippen molar-refractivity contribution in [3.05, 3.63) is 93.5 Å². The molecule has 0 aliphatic carbocycles. The molecule has 6 rings (SSSR count). The summed E-state index contributed by atoms with van der Waals surface area (Å²) in [5.74, 6) is 0.499. The summed E-state index contributed by atoms with van der Waals surface area (Å²) < 4.78 is 18.4. The van der Waals surface area contributed by atoms with Crippen LogP contribution >= 0.6 is 34.7 Å². The summed E-state index contributed by atoms with van der Waals surface area (Å²) in [6.07, 6.45) is 2.54. The smallest absolute Gasteiger partial charge is 0.301 e. The fraction of sp³-hybridized carbons (Fsp3) is 0.314. The molecule has 3 aromatic carbocycles. The number of aliphatic hydroxyl groups excluding tert-OH is 1. The monoisotopic (exact) mass is 691 g/mol. The van der Waals surface area contributed by atoms with Crippen molar-refractivity contribution in [2.45, 2.75) is 62.3 Å². The summed E-state index contributed by atoms with van der Waals surface area (Å²) in [4.78, 5) is 29.0. The Morgan fingerprint density at radius 1 is 1.06 bits per heavy atom. The first-order valence-electron chi connectivity index (χ1n) is 15.5. The molecule has 244 valence electrons. The molecule has 3 heterocycles. The fourth-order valence-corrected chi connectivity index (χ4v) is 7.51. The zero-order valence-corrected chi connectivity index (χ0v) is 28.6. The number of anilines is 1. The van der Waals surface area contributed by atoms with E-state index in [0.717, 1.165) is 29.7 Å². The number of ether oxygens (including phenoxy) is 3. The van der Waals surface area contributed by atoms with Crippen LogP contribution in [-0.4, -0.2) is 46.3 Å². The van der Waals surface area contributed by atoms with Crippen LogP contribution < -0.4 is 19.1 Å². The second-order valence-electron chi connectivity index (χ2n) is 11.2. The number of halogens is 1. The number of unbranched alkanes of at least 4 members (excludes halogenated alkanes) is 1. The number of aromatic nitrogens is 2. The minimum absolute atomic E-state index is 0.00665. The largest absolute Gasteiger partial charge is 0.507 e. The lowest BCUT2D eigenvalue weighted by Gasteiger charge is -2.23. The summed E-state index contributed by atoms with van der Waals surface area (Å²) in [6.45, 7) is 6.84. The Morgan fingerprint density at radius 2 is 1.87 bits per heavy atom. The van der Waals surface area contributed by atoms with Crippen molar-refractivity contribution in [1.82, 2.24) is 10.2 Å². The molecular weight excluding hydrogens is 658 g/mol. The van der Waals surface area contributed by atoms with E-state index >= 15 is 0 Å². The number of hydrogen-bond acceptors (Lipinski definition) is 10. The van der Waals surface area contributed by atoms with Gasteiger partial charge in [0.25, 0.3) is 5.78 Å². The Bertz CT molecular complexity index is 1830. The van der Waals surface area contributed by atoms with Crippen LogP contribution in [0.3, 0.4) is 0 Å². The summed E-state index contributed by atoms with van der Waals surface area (Å²) in [5.41, 5.74) is 2.90. The Balaban J connectivity index is 1.41. The van der Waals surface area contributed by atoms with E-state index in [2.05, 4.69) is 17.1 Å². The van der Waals surface area contributed by atoms with Crippen molar-refractivity contribution in [2.24, 2.45) is 0 Å². The lowest BCUT2D eigenvalue weighted by atomic mass is 9.94. The van der Waals surface area contributed by atoms with Crippen LogP contribution in [0.5, 0.6) is 17.2 Å². The van der Waals surface area contributed by atoms with Crippen molar-refractivity contribution >= 4 is 57.3 Å². The van der Waals surface area contributed by atoms with E-state index in [1.54, 1.807) is 30.3 Å². The highest BCUT2D eigenvalue weighted by Crippen LogP contribution is 2.46. The van der Waals surface area contributed by atoms with Crippen LogP contribution in [0.2, 0.25) is 5.02 Å². The number of carbonyl (C=O) groups is 2. The maximum atomic E-state index is 13.8. The highest BCUT2D eigenvalue weighted by molar-refractivity contribution is 8.00. The van der Waals surface area contributed by atoms with Gasteiger partial charge in [-0.05, 0) is 79.4 Å². The van der Waals surface area contributed by atoms with Gasteiger partial charge in [-0.2, -0.15) is 0 Å². The predicted octanol–water partition coefficient (Wildman–Crippen LogP) is 8.01. The molecule has 47 heavy (non-hydrogen) atoms. The number of hydrogen-bond donors (Lipinski definition) is 1. The quantitative estimate of drug-likeness (QED) is 0.0394. The molecule has 1 saturated heterocycles. The van der Waals surface area contributed by atoms with Crippen LogP contribution in [-0.2, 0) is 21.8 Å². The zero-order chi connectivity index (χ0) is 33.1. The first-order valence-corrected chi connectivity index (χ1v) is 17.7. The second kappa shape index (κ2) is 14.4. The average Bonchev–Trinajstić information content (AvgIpc) is 3.76. The van der Waals surface area contributed by atoms with Gasteiger partial charge in [0.05, 0.1) is 24.8 Å². The standard InChI is InChI=1S/C35H34ClN3O6S2/c1-4-6-15-44-27-14-9-22(18-28(27)43-5-2)30-29(31(40)23-10-13-26-24(17-23)16-20(3)45-26)32(41)33(42)39(30)34-37-38-35(47-34)46-19-21-7-11-25(36)12-8-21/h7-14,17-18,20,30,40H,4-6,15-16,19H2,1-3H3/b31-29+/t20-,30+/m0/s1. The minimum atomic E-state index is -0.996. The summed E-state index contributed by atoms with van der Waals surface area (Å²) in [6, 6.07) is 17.1. The zero-order valence-electron chi connectivity index (χ0n) is 26.2. The molecule has 9 nitrogen and oxygen atoms in total. The molecule has 2 atom stereocenters. The van der Waals surface area contributed by atoms with Gasteiger partial charge in [0.2, 0.25) is 5.13 Å². The van der Waals surface area contributed by atoms with Gasteiger partial charge in [0.15, 0.2) is 15.8 Å². The molecule has 1 N–H and O–H groups in total. The molecule has 0 saturated carbocycles. The number of thioether (sulfide) groups is 1. The predicted molar refractivity (Wildman–Crippen MR) is 184 cm³/mol. The molecule has 4 aromatic rings. The molecule has 1 aromatic heterocycles. The van der Waals surface area contributed by atoms with Gasteiger partial charge in [-0.3, -0.25) is 14.5 Å². The van der Waals surface area contributed by atoms with Crippen molar-refractivity contribution in [1.29, 1.82) is 0 Å². The van der Waals surface area contributed by atoms with Crippen LogP contribution in [0.15, 0.2) is 70.6 Å². The Kier molecular flexibility index (Phi) is 10.0. The molecule has 12 heteroatoms. The molecule has 0 bridgehead atoms. The van der Waals surface area contributed by atoms with Crippen LogP contribution in [0.1, 0.15) is 61.9 Å². The van der Waals surface area contributed by atoms with Gasteiger partial charge in [0.1, 0.15) is 17.6 Å². The number of amides is 1. The van der Waals surface area contributed by atoms with Gasteiger partial charge >= 0.3 is 5.91 Å². The van der Waals surface area contributed by atoms with Crippen LogP contribution in [0.25, 0.3) is 5.76 Å². The van der Waals surface area contributed by atoms with E-state index in [1.165, 1.54) is 28.0 Å². The first kappa shape index (κ1) is 32.9. The number of Topliss-reactive ketones (excluding diaryl/α,β-unsaturated/α-hetero) is 1. The molecule has 2 aliphatic rings. The highest BCUT2D eigenvalue weighted by atomic mass is 35.5. The second-order valence-corrected chi connectivity index (χ2v) is 13.8. The van der Waals surface area contributed by atoms with Crippen molar-refractivity contribution in [3.63, 3.8) is 0 Å². The van der Waals surface area contributed by atoms with E-state index in [4.69, 9.17) is 25.8 Å². The minimum Gasteiger partial charge on any atom is -0.507 e. The van der Waals surface area contributed by atoms with Crippen molar-refractivity contribution in [3.8, 4) is 17.2 Å². The van der Waals surface area contributed by atoms with E-state index in [-0.39, 0.29) is 22.6 Å². The lowest BCUT2D eigenvalue weighted by Crippen LogP contribution is -2.29. The lowest BCUT2D eigenvalue weighted by molar-refractivity contribution is -0.132. The Morgan fingerprint density at radius 3 is 2.64 bits per heavy atom. The van der Waals surface area contributed by atoms with E-state index < -0.39 is 17.7 Å².